The number of carbonyl (C=O) groups excluding carboxylic acids is 1. The molecule has 168 valence electrons. The second-order valence-corrected chi connectivity index (χ2v) is 10.6. The van der Waals surface area contributed by atoms with Crippen LogP contribution in [0.25, 0.3) is 10.8 Å². The van der Waals surface area contributed by atoms with E-state index in [1.165, 1.54) is 16.3 Å². The van der Waals surface area contributed by atoms with Crippen molar-refractivity contribution in [3.05, 3.63) is 80.5 Å². The molecule has 1 saturated heterocycles. The number of aromatic nitrogens is 2. The lowest BCUT2D eigenvalue weighted by Crippen LogP contribution is -2.34. The van der Waals surface area contributed by atoms with Crippen LogP contribution in [0.5, 0.6) is 0 Å². The van der Waals surface area contributed by atoms with Gasteiger partial charge in [0.15, 0.2) is 5.13 Å². The van der Waals surface area contributed by atoms with Gasteiger partial charge in [-0.2, -0.15) is 0 Å². The molecule has 0 spiro atoms. The van der Waals surface area contributed by atoms with E-state index in [2.05, 4.69) is 63.0 Å². The molecule has 2 N–H and O–H groups in total. The van der Waals surface area contributed by atoms with E-state index >= 15 is 0 Å². The van der Waals surface area contributed by atoms with Gasteiger partial charge in [-0.1, -0.05) is 65.7 Å². The Hall–Kier alpha value is -2.54. The zero-order valence-corrected chi connectivity index (χ0v) is 20.3. The van der Waals surface area contributed by atoms with Gasteiger partial charge >= 0.3 is 0 Å². The molecule has 8 heteroatoms. The van der Waals surface area contributed by atoms with E-state index in [0.29, 0.717) is 33.3 Å². The first-order valence-electron chi connectivity index (χ1n) is 11.0. The van der Waals surface area contributed by atoms with Crippen molar-refractivity contribution < 1.29 is 4.79 Å². The summed E-state index contributed by atoms with van der Waals surface area (Å²) in [5.41, 5.74) is 3.43. The summed E-state index contributed by atoms with van der Waals surface area (Å²) in [6.45, 7) is 3.63. The van der Waals surface area contributed by atoms with Gasteiger partial charge in [0.05, 0.1) is 15.7 Å². The van der Waals surface area contributed by atoms with Crippen LogP contribution in [0.15, 0.2) is 47.8 Å². The maximum atomic E-state index is 12.6. The van der Waals surface area contributed by atoms with Gasteiger partial charge in [-0.25, -0.2) is 4.98 Å². The van der Waals surface area contributed by atoms with Crippen molar-refractivity contribution in [2.24, 2.45) is 11.8 Å². The number of benzene rings is 2. The molecule has 3 heterocycles. The summed E-state index contributed by atoms with van der Waals surface area (Å²) >= 11 is 14.0. The summed E-state index contributed by atoms with van der Waals surface area (Å²) in [7, 11) is 0. The molecule has 0 bridgehead atoms. The molecule has 2 aromatic heterocycles. The third-order valence-electron chi connectivity index (χ3n) is 6.78. The van der Waals surface area contributed by atoms with E-state index in [1.807, 2.05) is 0 Å². The molecule has 0 unspecified atom stereocenters. The van der Waals surface area contributed by atoms with Crippen molar-refractivity contribution in [3.8, 4) is 0 Å². The fourth-order valence-electron chi connectivity index (χ4n) is 4.93. The molecule has 2 aromatic carbocycles. The second kappa shape index (κ2) is 8.05. The Morgan fingerprint density at radius 3 is 2.64 bits per heavy atom. The van der Waals surface area contributed by atoms with Crippen LogP contribution in [0.4, 0.5) is 5.13 Å². The smallest absolute Gasteiger partial charge is 0.269 e. The molecular weight excluding hydrogens is 475 g/mol. The maximum absolute atomic E-state index is 12.6. The van der Waals surface area contributed by atoms with Crippen LogP contribution in [0.1, 0.15) is 27.4 Å². The van der Waals surface area contributed by atoms with Crippen LogP contribution >= 0.6 is 34.5 Å². The fourth-order valence-corrected chi connectivity index (χ4v) is 6.19. The van der Waals surface area contributed by atoms with Crippen LogP contribution < -0.4 is 10.2 Å². The molecule has 1 amide bonds. The molecule has 1 saturated carbocycles. The Balaban J connectivity index is 1.07. The molecule has 1 aliphatic carbocycles. The topological polar surface area (TPSA) is 61.0 Å². The highest BCUT2D eigenvalue weighted by atomic mass is 35.5. The predicted octanol–water partition coefficient (Wildman–Crippen LogP) is 5.70. The summed E-state index contributed by atoms with van der Waals surface area (Å²) in [5, 5.41) is 9.57. The minimum Gasteiger partial charge on any atom is -0.352 e. The van der Waals surface area contributed by atoms with Crippen LogP contribution in [0, 0.1) is 18.8 Å². The number of rotatable bonds is 5. The first-order chi connectivity index (χ1) is 16.0. The summed E-state index contributed by atoms with van der Waals surface area (Å²) in [5.74, 6) is 0.715. The van der Waals surface area contributed by atoms with Crippen LogP contribution in [-0.4, -0.2) is 35.0 Å². The number of anilines is 1. The van der Waals surface area contributed by atoms with Gasteiger partial charge in [-0.3, -0.25) is 4.79 Å². The number of piperidine rings is 1. The van der Waals surface area contributed by atoms with Gasteiger partial charge in [0, 0.05) is 48.5 Å². The van der Waals surface area contributed by atoms with Gasteiger partial charge in [0.1, 0.15) is 5.69 Å². The van der Waals surface area contributed by atoms with E-state index < -0.39 is 0 Å². The lowest BCUT2D eigenvalue weighted by molar-refractivity contribution is 0.0942. The third kappa shape index (κ3) is 3.80. The standard InChI is InChI=1S/C25H22Cl2N4OS/c1-13-20(26)21(27)23(28-13)24(32)30-22-18-10-31(11-19(18)22)25-29-17(12-33-25)9-14-6-7-15-4-2-3-5-16(15)8-14/h2-8,12,18-19,22,28H,9-11H2,1H3,(H,30,32)/t18-,19+,22-. The second-order valence-electron chi connectivity index (χ2n) is 8.96. The third-order valence-corrected chi connectivity index (χ3v) is 8.68. The van der Waals surface area contributed by atoms with Crippen LogP contribution in [0.3, 0.4) is 0 Å². The van der Waals surface area contributed by atoms with E-state index in [9.17, 15) is 4.79 Å². The average Bonchev–Trinajstić information content (AvgIpc) is 3.20. The lowest BCUT2D eigenvalue weighted by Gasteiger charge is -2.19. The quantitative estimate of drug-likeness (QED) is 0.372. The van der Waals surface area contributed by atoms with E-state index in [1.54, 1.807) is 18.3 Å². The first-order valence-corrected chi connectivity index (χ1v) is 12.6. The Bertz CT molecular complexity index is 1370. The highest BCUT2D eigenvalue weighted by Crippen LogP contribution is 2.47. The van der Waals surface area contributed by atoms with Gasteiger partial charge in [-0.05, 0) is 23.3 Å². The number of halogens is 2. The van der Waals surface area contributed by atoms with E-state index in [-0.39, 0.29) is 11.9 Å². The SMILES string of the molecule is Cc1[nH]c(C(=O)N[C@@H]2[C@@H]3CN(c4nc(Cc5ccc6ccccc6c5)cs4)C[C@@H]32)c(Cl)c1Cl. The van der Waals surface area contributed by atoms with Crippen LogP contribution in [-0.2, 0) is 6.42 Å². The number of aryl methyl sites for hydroxylation is 1. The molecule has 4 aromatic rings. The zero-order valence-electron chi connectivity index (χ0n) is 17.9. The monoisotopic (exact) mass is 496 g/mol. The number of thiazole rings is 1. The van der Waals surface area contributed by atoms with Gasteiger partial charge in [0.25, 0.3) is 5.91 Å². The van der Waals surface area contributed by atoms with Crippen molar-refractivity contribution in [3.63, 3.8) is 0 Å². The number of H-pyrrole nitrogens is 1. The normalized spacial score (nSPS) is 21.4. The summed E-state index contributed by atoms with van der Waals surface area (Å²) < 4.78 is 0. The number of nitrogens with one attached hydrogen (secondary N) is 2. The predicted molar refractivity (Wildman–Crippen MR) is 135 cm³/mol. The number of nitrogens with zero attached hydrogens (tertiary/aromatic N) is 2. The van der Waals surface area contributed by atoms with E-state index in [0.717, 1.165) is 30.3 Å². The largest absolute Gasteiger partial charge is 0.352 e. The molecule has 2 aliphatic rings. The number of fused-ring (bicyclic) bond motifs is 2. The van der Waals surface area contributed by atoms with Gasteiger partial charge in [-0.15, -0.1) is 11.3 Å². The molecule has 5 nitrogen and oxygen atoms in total. The Morgan fingerprint density at radius 1 is 1.15 bits per heavy atom. The van der Waals surface area contributed by atoms with Crippen molar-refractivity contribution in [2.45, 2.75) is 19.4 Å². The number of carbonyl (C=O) groups is 1. The Labute approximate surface area is 205 Å². The molecule has 2 fully saturated rings. The Morgan fingerprint density at radius 2 is 1.91 bits per heavy atom. The highest BCUT2D eigenvalue weighted by molar-refractivity contribution is 7.13. The number of hydrogen-bond donors (Lipinski definition) is 2. The van der Waals surface area contributed by atoms with Gasteiger partial charge in [0.2, 0.25) is 0 Å². The van der Waals surface area contributed by atoms with Crippen LogP contribution in [0.2, 0.25) is 10.0 Å². The molecular formula is C25H22Cl2N4OS. The van der Waals surface area contributed by atoms with Gasteiger partial charge < -0.3 is 15.2 Å². The minimum atomic E-state index is -0.187. The maximum Gasteiger partial charge on any atom is 0.269 e. The zero-order chi connectivity index (χ0) is 22.7. The summed E-state index contributed by atoms with van der Waals surface area (Å²) in [6.07, 6.45) is 0.833. The molecule has 3 atom stereocenters. The Kier molecular flexibility index (Phi) is 5.13. The molecule has 1 aliphatic heterocycles. The molecule has 6 rings (SSSR count). The molecule has 0 radical (unpaired) electrons. The van der Waals surface area contributed by atoms with E-state index in [4.69, 9.17) is 28.2 Å². The summed E-state index contributed by atoms with van der Waals surface area (Å²) in [6, 6.07) is 15.2. The average molecular weight is 497 g/mol. The summed E-state index contributed by atoms with van der Waals surface area (Å²) in [4.78, 5) is 22.8. The number of amides is 1. The minimum absolute atomic E-state index is 0.184. The lowest BCUT2D eigenvalue weighted by atomic mass is 10.0. The van der Waals surface area contributed by atoms with Crippen molar-refractivity contribution >= 4 is 56.3 Å². The molecule has 33 heavy (non-hydrogen) atoms. The van der Waals surface area contributed by atoms with Crippen molar-refractivity contribution in [1.29, 1.82) is 0 Å². The van der Waals surface area contributed by atoms with Crippen molar-refractivity contribution in [1.82, 2.24) is 15.3 Å². The fraction of sp³-hybridized carbons (Fsp3) is 0.280. The first kappa shape index (κ1) is 21.0. The number of aromatic amines is 1. The number of hydrogen-bond acceptors (Lipinski definition) is 4. The van der Waals surface area contributed by atoms with Crippen molar-refractivity contribution in [2.75, 3.05) is 18.0 Å². The highest BCUT2D eigenvalue weighted by Gasteiger charge is 2.57.